The van der Waals surface area contributed by atoms with E-state index in [0.29, 0.717) is 29.4 Å². The molecule has 1 amide bonds. The lowest BCUT2D eigenvalue weighted by molar-refractivity contribution is -0.127. The first-order chi connectivity index (χ1) is 12.2. The summed E-state index contributed by atoms with van der Waals surface area (Å²) in [6, 6.07) is 13.8. The van der Waals surface area contributed by atoms with E-state index in [2.05, 4.69) is 10.3 Å². The lowest BCUT2D eigenvalue weighted by Crippen LogP contribution is -2.37. The molecule has 0 saturated heterocycles. The van der Waals surface area contributed by atoms with E-state index < -0.39 is 6.10 Å². The van der Waals surface area contributed by atoms with Crippen LogP contribution in [0.2, 0.25) is 0 Å². The number of amides is 1. The first-order valence-corrected chi connectivity index (χ1v) is 7.92. The number of nitrogens with one attached hydrogen (secondary N) is 1. The zero-order chi connectivity index (χ0) is 17.2. The molecule has 2 heterocycles. The Morgan fingerprint density at radius 3 is 2.92 bits per heavy atom. The van der Waals surface area contributed by atoms with Gasteiger partial charge in [0.1, 0.15) is 11.6 Å². The highest BCUT2D eigenvalue weighted by Gasteiger charge is 2.29. The molecule has 0 bridgehead atoms. The number of halogens is 1. The Labute approximate surface area is 143 Å². The molecule has 6 heteroatoms. The fourth-order valence-electron chi connectivity index (χ4n) is 2.77. The fraction of sp³-hybridized carbons (Fsp3) is 0.158. The molecule has 0 unspecified atom stereocenters. The van der Waals surface area contributed by atoms with Gasteiger partial charge in [0.2, 0.25) is 5.89 Å². The van der Waals surface area contributed by atoms with Crippen molar-refractivity contribution in [3.8, 4) is 17.1 Å². The number of hydrogen-bond donors (Lipinski definition) is 1. The summed E-state index contributed by atoms with van der Waals surface area (Å²) in [4.78, 5) is 16.4. The fourth-order valence-corrected chi connectivity index (χ4v) is 2.77. The van der Waals surface area contributed by atoms with E-state index >= 15 is 0 Å². The summed E-state index contributed by atoms with van der Waals surface area (Å²) >= 11 is 0. The number of benzene rings is 2. The van der Waals surface area contributed by atoms with Gasteiger partial charge in [-0.05, 0) is 18.2 Å². The second-order valence-corrected chi connectivity index (χ2v) is 5.76. The van der Waals surface area contributed by atoms with Crippen molar-refractivity contribution in [2.45, 2.75) is 19.1 Å². The Hall–Kier alpha value is -3.15. The zero-order valence-corrected chi connectivity index (χ0v) is 13.2. The Balaban J connectivity index is 1.36. The van der Waals surface area contributed by atoms with E-state index in [1.54, 1.807) is 6.20 Å². The van der Waals surface area contributed by atoms with Gasteiger partial charge in [-0.3, -0.25) is 4.79 Å². The molecular formula is C19H15FN2O3. The third-order valence-corrected chi connectivity index (χ3v) is 4.02. The van der Waals surface area contributed by atoms with Crippen molar-refractivity contribution in [1.82, 2.24) is 10.3 Å². The van der Waals surface area contributed by atoms with Gasteiger partial charge in [-0.1, -0.05) is 30.3 Å². The molecule has 1 N–H and O–H groups in total. The summed E-state index contributed by atoms with van der Waals surface area (Å²) < 4.78 is 24.4. The minimum atomic E-state index is -0.666. The van der Waals surface area contributed by atoms with Crippen LogP contribution >= 0.6 is 0 Å². The van der Waals surface area contributed by atoms with Gasteiger partial charge in [-0.15, -0.1) is 0 Å². The van der Waals surface area contributed by atoms with Crippen LogP contribution in [0.4, 0.5) is 4.39 Å². The maximum Gasteiger partial charge on any atom is 0.261 e. The van der Waals surface area contributed by atoms with Crippen molar-refractivity contribution in [2.75, 3.05) is 0 Å². The van der Waals surface area contributed by atoms with E-state index in [9.17, 15) is 9.18 Å². The molecule has 3 aromatic rings. The Morgan fingerprint density at radius 1 is 1.24 bits per heavy atom. The SMILES string of the molecule is O=C(NCc1ncc(-c2ccccc2)o1)[C@H]1Cc2cc(F)ccc2O1. The molecule has 1 aliphatic rings. The van der Waals surface area contributed by atoms with E-state index in [-0.39, 0.29) is 18.3 Å². The molecule has 0 saturated carbocycles. The Kier molecular flexibility index (Phi) is 3.93. The summed E-state index contributed by atoms with van der Waals surface area (Å²) in [5.41, 5.74) is 1.62. The molecule has 5 nitrogen and oxygen atoms in total. The van der Waals surface area contributed by atoms with E-state index in [1.165, 1.54) is 18.2 Å². The molecule has 0 spiro atoms. The summed E-state index contributed by atoms with van der Waals surface area (Å²) in [6.07, 6.45) is 1.31. The molecule has 1 atom stereocenters. The van der Waals surface area contributed by atoms with Crippen LogP contribution in [0, 0.1) is 5.82 Å². The predicted octanol–water partition coefficient (Wildman–Crippen LogP) is 3.10. The number of rotatable bonds is 4. The summed E-state index contributed by atoms with van der Waals surface area (Å²) in [6.45, 7) is 0.163. The number of oxazole rings is 1. The second kappa shape index (κ2) is 6.39. The van der Waals surface area contributed by atoms with Crippen LogP contribution in [0.25, 0.3) is 11.3 Å². The van der Waals surface area contributed by atoms with Crippen LogP contribution in [0.3, 0.4) is 0 Å². The molecule has 126 valence electrons. The van der Waals surface area contributed by atoms with Gasteiger partial charge in [0, 0.05) is 17.5 Å². The number of carbonyl (C=O) groups excluding carboxylic acids is 1. The monoisotopic (exact) mass is 338 g/mol. The molecule has 2 aromatic carbocycles. The van der Waals surface area contributed by atoms with Crippen molar-refractivity contribution in [2.24, 2.45) is 0 Å². The average Bonchev–Trinajstić information content (AvgIpc) is 3.27. The van der Waals surface area contributed by atoms with Crippen LogP contribution in [-0.2, 0) is 17.8 Å². The molecule has 0 aliphatic carbocycles. The topological polar surface area (TPSA) is 64.4 Å². The number of ether oxygens (including phenoxy) is 1. The van der Waals surface area contributed by atoms with Gasteiger partial charge in [0.05, 0.1) is 12.7 Å². The van der Waals surface area contributed by atoms with Crippen molar-refractivity contribution in [3.63, 3.8) is 0 Å². The van der Waals surface area contributed by atoms with Crippen LogP contribution in [0.5, 0.6) is 5.75 Å². The van der Waals surface area contributed by atoms with E-state index in [0.717, 1.165) is 5.56 Å². The molecule has 25 heavy (non-hydrogen) atoms. The van der Waals surface area contributed by atoms with Gasteiger partial charge in [-0.25, -0.2) is 9.37 Å². The normalized spacial score (nSPS) is 15.5. The highest BCUT2D eigenvalue weighted by Crippen LogP contribution is 2.29. The molecule has 0 radical (unpaired) electrons. The number of carbonyl (C=O) groups is 1. The average molecular weight is 338 g/mol. The molecule has 1 aliphatic heterocycles. The Morgan fingerprint density at radius 2 is 2.08 bits per heavy atom. The zero-order valence-electron chi connectivity index (χ0n) is 13.2. The van der Waals surface area contributed by atoms with Gasteiger partial charge >= 0.3 is 0 Å². The number of fused-ring (bicyclic) bond motifs is 1. The van der Waals surface area contributed by atoms with Crippen molar-refractivity contribution < 1.29 is 18.3 Å². The maximum atomic E-state index is 13.2. The number of hydrogen-bond acceptors (Lipinski definition) is 4. The summed E-state index contributed by atoms with van der Waals surface area (Å²) in [5.74, 6) is 0.982. The first kappa shape index (κ1) is 15.4. The minimum absolute atomic E-state index is 0.163. The van der Waals surface area contributed by atoms with Gasteiger partial charge < -0.3 is 14.5 Å². The van der Waals surface area contributed by atoms with Crippen molar-refractivity contribution in [1.29, 1.82) is 0 Å². The second-order valence-electron chi connectivity index (χ2n) is 5.76. The third-order valence-electron chi connectivity index (χ3n) is 4.02. The number of aromatic nitrogens is 1. The smallest absolute Gasteiger partial charge is 0.261 e. The van der Waals surface area contributed by atoms with Gasteiger partial charge in [0.25, 0.3) is 5.91 Å². The van der Waals surface area contributed by atoms with Gasteiger partial charge in [-0.2, -0.15) is 0 Å². The van der Waals surface area contributed by atoms with Crippen LogP contribution < -0.4 is 10.1 Å². The van der Waals surface area contributed by atoms with E-state index in [1.807, 2.05) is 30.3 Å². The first-order valence-electron chi connectivity index (χ1n) is 7.92. The molecule has 0 fully saturated rings. The summed E-state index contributed by atoms with van der Waals surface area (Å²) in [5, 5.41) is 2.74. The Bertz CT molecular complexity index is 908. The third kappa shape index (κ3) is 3.24. The molecular weight excluding hydrogens is 323 g/mol. The van der Waals surface area contributed by atoms with Crippen molar-refractivity contribution in [3.05, 3.63) is 72.0 Å². The lowest BCUT2D eigenvalue weighted by atomic mass is 10.1. The van der Waals surface area contributed by atoms with E-state index in [4.69, 9.17) is 9.15 Å². The van der Waals surface area contributed by atoms with Crippen molar-refractivity contribution >= 4 is 5.91 Å². The minimum Gasteiger partial charge on any atom is -0.480 e. The standard InChI is InChI=1S/C19H15FN2O3/c20-14-6-7-15-13(8-14)9-16(24-15)19(23)22-11-18-21-10-17(25-18)12-4-2-1-3-5-12/h1-8,10,16H,9,11H2,(H,22,23)/t16-/m1/s1. The number of nitrogens with zero attached hydrogens (tertiary/aromatic N) is 1. The van der Waals surface area contributed by atoms with Crippen LogP contribution in [-0.4, -0.2) is 17.0 Å². The largest absolute Gasteiger partial charge is 0.480 e. The quantitative estimate of drug-likeness (QED) is 0.794. The highest BCUT2D eigenvalue weighted by atomic mass is 19.1. The molecule has 4 rings (SSSR count). The predicted molar refractivity (Wildman–Crippen MR) is 88.3 cm³/mol. The lowest BCUT2D eigenvalue weighted by Gasteiger charge is -2.10. The summed E-state index contributed by atoms with van der Waals surface area (Å²) in [7, 11) is 0. The van der Waals surface area contributed by atoms with Gasteiger partial charge in [0.15, 0.2) is 11.9 Å². The van der Waals surface area contributed by atoms with Crippen LogP contribution in [0.15, 0.2) is 59.1 Å². The van der Waals surface area contributed by atoms with Crippen LogP contribution in [0.1, 0.15) is 11.5 Å². The maximum absolute atomic E-state index is 13.2. The highest BCUT2D eigenvalue weighted by molar-refractivity contribution is 5.82. The molecule has 1 aromatic heterocycles.